The third-order valence-corrected chi connectivity index (χ3v) is 6.43. The Kier molecular flexibility index (Phi) is 8.67. The normalized spacial score (nSPS) is 15.7. The number of carbonyl (C=O) groups is 2. The molecule has 1 heterocycles. The molecule has 1 aliphatic rings. The third kappa shape index (κ3) is 5.19. The van der Waals surface area contributed by atoms with Crippen molar-refractivity contribution in [3.05, 3.63) is 29.3 Å². The SMILES string of the molecule is CNCC1CCN(S(=O)(=O)c2cc(C(=O)OC)ccc2C(=O)OC)CC1.Cl. The largest absolute Gasteiger partial charge is 0.465 e. The van der Waals surface area contributed by atoms with Gasteiger partial charge in [-0.15, -0.1) is 12.4 Å². The molecular weight excluding hydrogens is 396 g/mol. The number of esters is 2. The molecule has 1 aliphatic heterocycles. The molecule has 152 valence electrons. The summed E-state index contributed by atoms with van der Waals surface area (Å²) in [6.07, 6.45) is 1.45. The van der Waals surface area contributed by atoms with Gasteiger partial charge in [0.2, 0.25) is 10.0 Å². The summed E-state index contributed by atoms with van der Waals surface area (Å²) in [7, 11) is 0.301. The Morgan fingerprint density at radius 2 is 1.74 bits per heavy atom. The first kappa shape index (κ1) is 23.4. The second-order valence-electron chi connectivity index (χ2n) is 6.10. The van der Waals surface area contributed by atoms with E-state index in [0.717, 1.165) is 19.4 Å². The molecule has 0 amide bonds. The molecule has 8 nitrogen and oxygen atoms in total. The summed E-state index contributed by atoms with van der Waals surface area (Å²) in [6.45, 7) is 1.55. The highest BCUT2D eigenvalue weighted by Crippen LogP contribution is 2.27. The van der Waals surface area contributed by atoms with Gasteiger partial charge < -0.3 is 14.8 Å². The Hall–Kier alpha value is -1.68. The van der Waals surface area contributed by atoms with Crippen LogP contribution in [0.4, 0.5) is 0 Å². The van der Waals surface area contributed by atoms with Crippen molar-refractivity contribution in [1.29, 1.82) is 0 Å². The average Bonchev–Trinajstić information content (AvgIpc) is 2.67. The van der Waals surface area contributed by atoms with Gasteiger partial charge in [0.1, 0.15) is 0 Å². The highest BCUT2D eigenvalue weighted by molar-refractivity contribution is 7.89. The number of ether oxygens (including phenoxy) is 2. The van der Waals surface area contributed by atoms with Crippen molar-refractivity contribution in [2.24, 2.45) is 5.92 Å². The zero-order chi connectivity index (χ0) is 19.3. The zero-order valence-electron chi connectivity index (χ0n) is 15.6. The number of halogens is 1. The summed E-state index contributed by atoms with van der Waals surface area (Å²) >= 11 is 0. The molecule has 0 saturated carbocycles. The molecule has 0 bridgehead atoms. The zero-order valence-corrected chi connectivity index (χ0v) is 17.2. The molecule has 1 aromatic rings. The van der Waals surface area contributed by atoms with E-state index < -0.39 is 22.0 Å². The molecule has 0 radical (unpaired) electrons. The van der Waals surface area contributed by atoms with Crippen LogP contribution in [-0.2, 0) is 19.5 Å². The minimum Gasteiger partial charge on any atom is -0.465 e. The molecule has 1 N–H and O–H groups in total. The maximum atomic E-state index is 13.1. The number of rotatable bonds is 6. The Bertz CT molecular complexity index is 776. The van der Waals surface area contributed by atoms with Crippen molar-refractivity contribution in [2.75, 3.05) is 40.9 Å². The number of carbonyl (C=O) groups excluding carboxylic acids is 2. The first-order valence-electron chi connectivity index (χ1n) is 8.30. The first-order chi connectivity index (χ1) is 12.3. The molecule has 10 heteroatoms. The van der Waals surface area contributed by atoms with E-state index in [4.69, 9.17) is 0 Å². The van der Waals surface area contributed by atoms with Crippen LogP contribution in [0.3, 0.4) is 0 Å². The maximum absolute atomic E-state index is 13.1. The molecular formula is C17H25ClN2O6S. The monoisotopic (exact) mass is 420 g/mol. The number of nitrogens with zero attached hydrogens (tertiary/aromatic N) is 1. The van der Waals surface area contributed by atoms with Crippen LogP contribution in [0, 0.1) is 5.92 Å². The summed E-state index contributed by atoms with van der Waals surface area (Å²) < 4.78 is 36.9. The smallest absolute Gasteiger partial charge is 0.339 e. The number of hydrogen-bond donors (Lipinski definition) is 1. The Morgan fingerprint density at radius 3 is 2.26 bits per heavy atom. The highest BCUT2D eigenvalue weighted by Gasteiger charge is 2.33. The van der Waals surface area contributed by atoms with Gasteiger partial charge in [0.15, 0.2) is 0 Å². The molecule has 2 rings (SSSR count). The number of hydrogen-bond acceptors (Lipinski definition) is 7. The minimum absolute atomic E-state index is 0. The molecule has 27 heavy (non-hydrogen) atoms. The predicted molar refractivity (Wildman–Crippen MR) is 102 cm³/mol. The van der Waals surface area contributed by atoms with Gasteiger partial charge in [0.25, 0.3) is 0 Å². The Balaban J connectivity index is 0.00000364. The van der Waals surface area contributed by atoms with Crippen LogP contribution in [0.25, 0.3) is 0 Å². The lowest BCUT2D eigenvalue weighted by molar-refractivity contribution is 0.0583. The predicted octanol–water partition coefficient (Wildman–Crippen LogP) is 1.30. The lowest BCUT2D eigenvalue weighted by atomic mass is 9.98. The fourth-order valence-corrected chi connectivity index (χ4v) is 4.72. The Labute approximate surface area is 165 Å². The molecule has 1 fully saturated rings. The first-order valence-corrected chi connectivity index (χ1v) is 9.74. The van der Waals surface area contributed by atoms with Crippen molar-refractivity contribution in [1.82, 2.24) is 9.62 Å². The van der Waals surface area contributed by atoms with E-state index in [2.05, 4.69) is 14.8 Å². The van der Waals surface area contributed by atoms with Gasteiger partial charge in [-0.3, -0.25) is 0 Å². The van der Waals surface area contributed by atoms with Crippen molar-refractivity contribution >= 4 is 34.4 Å². The van der Waals surface area contributed by atoms with E-state index in [1.165, 1.54) is 36.7 Å². The van der Waals surface area contributed by atoms with Crippen LogP contribution < -0.4 is 5.32 Å². The van der Waals surface area contributed by atoms with Crippen molar-refractivity contribution < 1.29 is 27.5 Å². The molecule has 1 aromatic carbocycles. The quantitative estimate of drug-likeness (QED) is 0.692. The van der Waals surface area contributed by atoms with Gasteiger partial charge in [-0.05, 0) is 50.6 Å². The summed E-state index contributed by atoms with van der Waals surface area (Å²) in [5.74, 6) is -1.04. The van der Waals surface area contributed by atoms with Crippen molar-refractivity contribution in [2.45, 2.75) is 17.7 Å². The van der Waals surface area contributed by atoms with E-state index in [0.29, 0.717) is 19.0 Å². The number of methoxy groups -OCH3 is 2. The topological polar surface area (TPSA) is 102 Å². The van der Waals surface area contributed by atoms with Gasteiger partial charge in [0.05, 0.1) is 30.2 Å². The van der Waals surface area contributed by atoms with Crippen LogP contribution in [0.5, 0.6) is 0 Å². The highest BCUT2D eigenvalue weighted by atomic mass is 35.5. The molecule has 0 aliphatic carbocycles. The fourth-order valence-electron chi connectivity index (χ4n) is 3.04. The number of piperidine rings is 1. The number of benzene rings is 1. The second kappa shape index (κ2) is 10.0. The lowest BCUT2D eigenvalue weighted by Gasteiger charge is -2.31. The number of sulfonamides is 1. The van der Waals surface area contributed by atoms with Gasteiger partial charge in [0, 0.05) is 13.1 Å². The van der Waals surface area contributed by atoms with E-state index in [9.17, 15) is 18.0 Å². The van der Waals surface area contributed by atoms with Gasteiger partial charge in [-0.1, -0.05) is 0 Å². The third-order valence-electron chi connectivity index (χ3n) is 4.49. The standard InChI is InChI=1S/C17H24N2O6S.ClH/c1-18-11-12-6-8-19(9-7-12)26(22,23)15-10-13(16(20)24-2)4-5-14(15)17(21)25-3;/h4-5,10,12,18H,6-9,11H2,1-3H3;1H. The van der Waals surface area contributed by atoms with Crippen LogP contribution in [0.1, 0.15) is 33.6 Å². The summed E-state index contributed by atoms with van der Waals surface area (Å²) in [4.78, 5) is 23.6. The second-order valence-corrected chi connectivity index (χ2v) is 8.01. The van der Waals surface area contributed by atoms with E-state index in [1.807, 2.05) is 7.05 Å². The van der Waals surface area contributed by atoms with E-state index >= 15 is 0 Å². The number of nitrogens with one attached hydrogen (secondary N) is 1. The van der Waals surface area contributed by atoms with E-state index in [-0.39, 0.29) is 28.4 Å². The van der Waals surface area contributed by atoms with Gasteiger partial charge >= 0.3 is 11.9 Å². The summed E-state index contributed by atoms with van der Waals surface area (Å²) in [5.41, 5.74) is -0.0405. The van der Waals surface area contributed by atoms with Gasteiger partial charge in [-0.25, -0.2) is 18.0 Å². The van der Waals surface area contributed by atoms with Crippen molar-refractivity contribution in [3.63, 3.8) is 0 Å². The molecule has 0 aromatic heterocycles. The molecule has 0 atom stereocenters. The fraction of sp³-hybridized carbons (Fsp3) is 0.529. The van der Waals surface area contributed by atoms with Gasteiger partial charge in [-0.2, -0.15) is 4.31 Å². The van der Waals surface area contributed by atoms with Crippen LogP contribution in [0.2, 0.25) is 0 Å². The summed E-state index contributed by atoms with van der Waals surface area (Å²) in [6, 6.07) is 3.79. The maximum Gasteiger partial charge on any atom is 0.339 e. The average molecular weight is 421 g/mol. The molecule has 1 saturated heterocycles. The minimum atomic E-state index is -3.95. The molecule has 0 spiro atoms. The summed E-state index contributed by atoms with van der Waals surface area (Å²) in [5, 5.41) is 3.10. The Morgan fingerprint density at radius 1 is 1.15 bits per heavy atom. The van der Waals surface area contributed by atoms with Crippen molar-refractivity contribution in [3.8, 4) is 0 Å². The van der Waals surface area contributed by atoms with E-state index in [1.54, 1.807) is 0 Å². The molecule has 0 unspecified atom stereocenters. The van der Waals surface area contributed by atoms with Crippen LogP contribution in [-0.4, -0.2) is 65.6 Å². The lowest BCUT2D eigenvalue weighted by Crippen LogP contribution is -2.40. The van der Waals surface area contributed by atoms with Crippen LogP contribution in [0.15, 0.2) is 23.1 Å². The van der Waals surface area contributed by atoms with Crippen LogP contribution >= 0.6 is 12.4 Å².